The van der Waals surface area contributed by atoms with Crippen molar-refractivity contribution >= 4 is 17.3 Å². The number of hydrogen-bond acceptors (Lipinski definition) is 1. The van der Waals surface area contributed by atoms with Crippen LogP contribution in [0.5, 0.6) is 0 Å². The van der Waals surface area contributed by atoms with Crippen molar-refractivity contribution in [3.8, 4) is 0 Å². The molecule has 0 aliphatic carbocycles. The quantitative estimate of drug-likeness (QED) is 0.703. The molecule has 1 aliphatic heterocycles. The number of alkyl halides is 2. The van der Waals surface area contributed by atoms with E-state index in [9.17, 15) is 8.78 Å². The smallest absolute Gasteiger partial charge is 0.253 e. The summed E-state index contributed by atoms with van der Waals surface area (Å²) in [6, 6.07) is 5.05. The topological polar surface area (TPSA) is 12.0 Å². The van der Waals surface area contributed by atoms with Gasteiger partial charge < -0.3 is 5.32 Å². The second-order valence-electron chi connectivity index (χ2n) is 3.51. The molecule has 0 saturated heterocycles. The van der Waals surface area contributed by atoms with Gasteiger partial charge in [0.2, 0.25) is 0 Å². The predicted octanol–water partition coefficient (Wildman–Crippen LogP) is 3.33. The van der Waals surface area contributed by atoms with Gasteiger partial charge in [0.05, 0.1) is 0 Å². The van der Waals surface area contributed by atoms with Gasteiger partial charge in [0, 0.05) is 30.1 Å². The van der Waals surface area contributed by atoms with Gasteiger partial charge in [-0.3, -0.25) is 0 Å². The molecule has 1 heterocycles. The Hall–Kier alpha value is -0.830. The zero-order valence-electron chi connectivity index (χ0n) is 7.49. The van der Waals surface area contributed by atoms with E-state index in [-0.39, 0.29) is 12.8 Å². The van der Waals surface area contributed by atoms with Crippen LogP contribution in [0.3, 0.4) is 0 Å². The lowest BCUT2D eigenvalue weighted by atomic mass is 10.1. The third-order valence-electron chi connectivity index (χ3n) is 2.32. The molecule has 0 atom stereocenters. The molecule has 0 spiro atoms. The molecular formula is C10H10ClF2N. The molecule has 4 heteroatoms. The van der Waals surface area contributed by atoms with Gasteiger partial charge in [-0.05, 0) is 23.8 Å². The fourth-order valence-corrected chi connectivity index (χ4v) is 1.82. The van der Waals surface area contributed by atoms with E-state index >= 15 is 0 Å². The van der Waals surface area contributed by atoms with Crippen molar-refractivity contribution in [2.75, 3.05) is 11.9 Å². The van der Waals surface area contributed by atoms with E-state index in [0.717, 1.165) is 5.69 Å². The third kappa shape index (κ3) is 1.98. The highest BCUT2D eigenvalue weighted by molar-refractivity contribution is 6.30. The summed E-state index contributed by atoms with van der Waals surface area (Å²) >= 11 is 5.75. The van der Waals surface area contributed by atoms with Gasteiger partial charge in [-0.25, -0.2) is 8.78 Å². The predicted molar refractivity (Wildman–Crippen MR) is 53.2 cm³/mol. The molecule has 0 aromatic heterocycles. The van der Waals surface area contributed by atoms with Crippen molar-refractivity contribution in [2.45, 2.75) is 18.8 Å². The Bertz CT molecular complexity index is 352. The number of benzene rings is 1. The van der Waals surface area contributed by atoms with E-state index in [1.807, 2.05) is 0 Å². The van der Waals surface area contributed by atoms with Crippen LogP contribution in [0.15, 0.2) is 18.2 Å². The molecule has 1 aromatic rings. The van der Waals surface area contributed by atoms with Crippen LogP contribution in [-0.2, 0) is 6.42 Å². The molecule has 0 saturated carbocycles. The third-order valence-corrected chi connectivity index (χ3v) is 2.56. The van der Waals surface area contributed by atoms with Crippen molar-refractivity contribution in [1.29, 1.82) is 0 Å². The van der Waals surface area contributed by atoms with Crippen LogP contribution >= 0.6 is 11.6 Å². The van der Waals surface area contributed by atoms with Crippen molar-refractivity contribution in [2.24, 2.45) is 0 Å². The molecule has 2 rings (SSSR count). The van der Waals surface area contributed by atoms with E-state index in [0.29, 0.717) is 17.1 Å². The Morgan fingerprint density at radius 3 is 2.93 bits per heavy atom. The Labute approximate surface area is 86.1 Å². The van der Waals surface area contributed by atoms with Gasteiger partial charge in [0.1, 0.15) is 0 Å². The second kappa shape index (κ2) is 3.39. The van der Waals surface area contributed by atoms with E-state index in [4.69, 9.17) is 11.6 Å². The monoisotopic (exact) mass is 217 g/mol. The molecular weight excluding hydrogens is 208 g/mol. The molecule has 1 aromatic carbocycles. The maximum atomic E-state index is 13.2. The molecule has 1 N–H and O–H groups in total. The molecule has 0 radical (unpaired) electrons. The normalized spacial score (nSPS) is 19.4. The number of fused-ring (bicyclic) bond motifs is 1. The summed E-state index contributed by atoms with van der Waals surface area (Å²) in [5.74, 6) is -2.62. The van der Waals surface area contributed by atoms with Gasteiger partial charge in [0.25, 0.3) is 5.92 Å². The van der Waals surface area contributed by atoms with Crippen LogP contribution in [0.2, 0.25) is 5.02 Å². The lowest BCUT2D eigenvalue weighted by Crippen LogP contribution is -2.19. The van der Waals surface area contributed by atoms with Crippen molar-refractivity contribution in [1.82, 2.24) is 0 Å². The first-order chi connectivity index (χ1) is 6.57. The maximum absolute atomic E-state index is 13.2. The largest absolute Gasteiger partial charge is 0.385 e. The number of anilines is 1. The molecule has 76 valence electrons. The van der Waals surface area contributed by atoms with Gasteiger partial charge in [-0.15, -0.1) is 0 Å². The van der Waals surface area contributed by atoms with Gasteiger partial charge in [-0.2, -0.15) is 0 Å². The summed E-state index contributed by atoms with van der Waals surface area (Å²) in [6.45, 7) is 0.307. The van der Waals surface area contributed by atoms with Gasteiger partial charge >= 0.3 is 0 Å². The molecule has 0 amide bonds. The first kappa shape index (κ1) is 9.71. The second-order valence-corrected chi connectivity index (χ2v) is 3.95. The lowest BCUT2D eigenvalue weighted by molar-refractivity contribution is -0.00194. The standard InChI is InChI=1S/C10H10ClF2N/c11-8-1-2-9-7(5-8)6-10(12,13)3-4-14-9/h1-2,5,14H,3-4,6H2. The number of nitrogens with one attached hydrogen (secondary N) is 1. The van der Waals surface area contributed by atoms with Crippen LogP contribution in [0, 0.1) is 0 Å². The molecule has 14 heavy (non-hydrogen) atoms. The van der Waals surface area contributed by atoms with Crippen LogP contribution in [0.4, 0.5) is 14.5 Å². The minimum absolute atomic E-state index is 0.126. The van der Waals surface area contributed by atoms with Crippen LogP contribution in [-0.4, -0.2) is 12.5 Å². The summed E-state index contributed by atoms with van der Waals surface area (Å²) < 4.78 is 26.4. The highest BCUT2D eigenvalue weighted by Crippen LogP contribution is 2.32. The molecule has 0 unspecified atom stereocenters. The highest BCUT2D eigenvalue weighted by atomic mass is 35.5. The number of halogens is 3. The molecule has 1 aliphatic rings. The van der Waals surface area contributed by atoms with Crippen molar-refractivity contribution < 1.29 is 8.78 Å². The van der Waals surface area contributed by atoms with Crippen LogP contribution in [0.25, 0.3) is 0 Å². The number of hydrogen-bond donors (Lipinski definition) is 1. The molecule has 1 nitrogen and oxygen atoms in total. The first-order valence-electron chi connectivity index (χ1n) is 4.47. The summed E-state index contributed by atoms with van der Waals surface area (Å²) in [5.41, 5.74) is 1.37. The van der Waals surface area contributed by atoms with E-state index in [2.05, 4.69) is 5.32 Å². The van der Waals surface area contributed by atoms with Gasteiger partial charge in [0.15, 0.2) is 0 Å². The van der Waals surface area contributed by atoms with Crippen molar-refractivity contribution in [3.05, 3.63) is 28.8 Å². The SMILES string of the molecule is FC1(F)CCNc2ccc(Cl)cc2C1. The Morgan fingerprint density at radius 1 is 1.36 bits per heavy atom. The molecule has 0 bridgehead atoms. The summed E-state index contributed by atoms with van der Waals surface area (Å²) in [7, 11) is 0. The Balaban J connectivity index is 2.38. The minimum Gasteiger partial charge on any atom is -0.385 e. The zero-order valence-corrected chi connectivity index (χ0v) is 8.24. The van der Waals surface area contributed by atoms with Gasteiger partial charge in [-0.1, -0.05) is 11.6 Å². The minimum atomic E-state index is -2.62. The van der Waals surface area contributed by atoms with Crippen LogP contribution < -0.4 is 5.32 Å². The Morgan fingerprint density at radius 2 is 2.14 bits per heavy atom. The first-order valence-corrected chi connectivity index (χ1v) is 4.85. The van der Waals surface area contributed by atoms with Crippen molar-refractivity contribution in [3.63, 3.8) is 0 Å². The lowest BCUT2D eigenvalue weighted by Gasteiger charge is -2.12. The van der Waals surface area contributed by atoms with E-state index in [1.165, 1.54) is 0 Å². The summed E-state index contributed by atoms with van der Waals surface area (Å²) in [5, 5.41) is 3.47. The Kier molecular flexibility index (Phi) is 2.35. The average molecular weight is 218 g/mol. The fourth-order valence-electron chi connectivity index (χ4n) is 1.63. The summed E-state index contributed by atoms with van der Waals surface area (Å²) in [6.07, 6.45) is -0.352. The maximum Gasteiger partial charge on any atom is 0.253 e. The zero-order chi connectivity index (χ0) is 10.2. The summed E-state index contributed by atoms with van der Waals surface area (Å²) in [4.78, 5) is 0. The average Bonchev–Trinajstić information content (AvgIpc) is 2.21. The van der Waals surface area contributed by atoms with Crippen LogP contribution in [0.1, 0.15) is 12.0 Å². The number of rotatable bonds is 0. The van der Waals surface area contributed by atoms with E-state index < -0.39 is 5.92 Å². The molecule has 0 fully saturated rings. The highest BCUT2D eigenvalue weighted by Gasteiger charge is 2.31. The fraction of sp³-hybridized carbons (Fsp3) is 0.400. The van der Waals surface area contributed by atoms with E-state index in [1.54, 1.807) is 18.2 Å².